The summed E-state index contributed by atoms with van der Waals surface area (Å²) in [5.41, 5.74) is 2.95. The fraction of sp³-hybridized carbons (Fsp3) is 0.333. The monoisotopic (exact) mass is 523 g/mol. The molecule has 1 aromatic heterocycles. The lowest BCUT2D eigenvalue weighted by molar-refractivity contribution is -0.142. The summed E-state index contributed by atoms with van der Waals surface area (Å²) >= 11 is 0. The van der Waals surface area contributed by atoms with Gasteiger partial charge in [0.25, 0.3) is 0 Å². The van der Waals surface area contributed by atoms with Crippen LogP contribution in [-0.4, -0.2) is 30.3 Å². The molecule has 2 aromatic carbocycles. The average molecular weight is 524 g/mol. The van der Waals surface area contributed by atoms with Crippen LogP contribution in [-0.2, 0) is 16.1 Å². The molecule has 38 heavy (non-hydrogen) atoms. The molecule has 200 valence electrons. The standard InChI is InChI=1S/C30H31F2NO5/c1-30(2)10-6-9-24(30)22-12-19(25(31)13-21(22)23-14-28(36-3)33-16-26(23)32)17-38-20-8-5-7-18(11-20)27(34)15-29(35)37-4/h5,7-9,11-14,16,27,34H,6,10,15,17H2,1-4H3/t27-/m1/s1. The van der Waals surface area contributed by atoms with Crippen molar-refractivity contribution >= 4 is 11.5 Å². The maximum atomic E-state index is 15.4. The molecule has 4 rings (SSSR count). The summed E-state index contributed by atoms with van der Waals surface area (Å²) in [6.07, 6.45) is 3.73. The molecule has 1 heterocycles. The van der Waals surface area contributed by atoms with Gasteiger partial charge in [-0.05, 0) is 64.8 Å². The summed E-state index contributed by atoms with van der Waals surface area (Å²) in [5, 5.41) is 10.3. The van der Waals surface area contributed by atoms with E-state index in [9.17, 15) is 14.3 Å². The highest BCUT2D eigenvalue weighted by Gasteiger charge is 2.31. The number of carbonyl (C=O) groups is 1. The number of allylic oxidation sites excluding steroid dienone is 2. The van der Waals surface area contributed by atoms with E-state index in [0.29, 0.717) is 22.4 Å². The van der Waals surface area contributed by atoms with Crippen LogP contribution >= 0.6 is 0 Å². The number of benzene rings is 2. The van der Waals surface area contributed by atoms with Crippen LogP contribution in [0.5, 0.6) is 11.6 Å². The Morgan fingerprint density at radius 3 is 2.55 bits per heavy atom. The van der Waals surface area contributed by atoms with E-state index >= 15 is 4.39 Å². The second-order valence-corrected chi connectivity index (χ2v) is 9.89. The summed E-state index contributed by atoms with van der Waals surface area (Å²) in [6, 6.07) is 11.1. The number of aromatic nitrogens is 1. The molecule has 0 unspecified atom stereocenters. The summed E-state index contributed by atoms with van der Waals surface area (Å²) in [7, 11) is 2.70. The quantitative estimate of drug-likeness (QED) is 0.327. The minimum absolute atomic E-state index is 0.0917. The molecular weight excluding hydrogens is 492 g/mol. The third-order valence-electron chi connectivity index (χ3n) is 6.88. The first-order valence-electron chi connectivity index (χ1n) is 12.3. The van der Waals surface area contributed by atoms with Crippen molar-refractivity contribution in [3.63, 3.8) is 0 Å². The van der Waals surface area contributed by atoms with Crippen molar-refractivity contribution in [2.24, 2.45) is 5.41 Å². The number of esters is 1. The number of ether oxygens (including phenoxy) is 3. The van der Waals surface area contributed by atoms with E-state index in [0.717, 1.165) is 30.2 Å². The molecule has 1 aliphatic carbocycles. The first-order chi connectivity index (χ1) is 18.1. The molecule has 0 spiro atoms. The van der Waals surface area contributed by atoms with E-state index < -0.39 is 23.7 Å². The zero-order valence-electron chi connectivity index (χ0n) is 21.9. The van der Waals surface area contributed by atoms with Crippen LogP contribution in [0.4, 0.5) is 8.78 Å². The lowest BCUT2D eigenvalue weighted by Gasteiger charge is -2.26. The number of aliphatic hydroxyl groups excluding tert-OH is 1. The molecule has 0 aliphatic heterocycles. The minimum atomic E-state index is -1.06. The predicted octanol–water partition coefficient (Wildman–Crippen LogP) is 6.41. The third kappa shape index (κ3) is 5.86. The summed E-state index contributed by atoms with van der Waals surface area (Å²) < 4.78 is 46.0. The van der Waals surface area contributed by atoms with Gasteiger partial charge in [0.2, 0.25) is 5.88 Å². The van der Waals surface area contributed by atoms with Gasteiger partial charge in [-0.1, -0.05) is 32.1 Å². The van der Waals surface area contributed by atoms with Gasteiger partial charge in [0.1, 0.15) is 24.0 Å². The Morgan fingerprint density at radius 1 is 1.08 bits per heavy atom. The second-order valence-electron chi connectivity index (χ2n) is 9.89. The van der Waals surface area contributed by atoms with Gasteiger partial charge in [0, 0.05) is 17.2 Å². The maximum Gasteiger partial charge on any atom is 0.308 e. The van der Waals surface area contributed by atoms with Crippen LogP contribution in [0.3, 0.4) is 0 Å². The molecule has 0 saturated carbocycles. The Morgan fingerprint density at radius 2 is 1.87 bits per heavy atom. The zero-order valence-corrected chi connectivity index (χ0v) is 21.9. The van der Waals surface area contributed by atoms with E-state index in [-0.39, 0.29) is 29.9 Å². The number of hydrogen-bond acceptors (Lipinski definition) is 6. The van der Waals surface area contributed by atoms with Gasteiger partial charge in [-0.2, -0.15) is 0 Å². The van der Waals surface area contributed by atoms with Gasteiger partial charge in [-0.3, -0.25) is 4.79 Å². The number of halogens is 2. The molecule has 6 nitrogen and oxygen atoms in total. The Labute approximate surface area is 220 Å². The first-order valence-corrected chi connectivity index (χ1v) is 12.3. The fourth-order valence-corrected chi connectivity index (χ4v) is 4.71. The highest BCUT2D eigenvalue weighted by Crippen LogP contribution is 2.47. The molecule has 3 aromatic rings. The summed E-state index contributed by atoms with van der Waals surface area (Å²) in [5.74, 6) is -1.02. The number of methoxy groups -OCH3 is 2. The average Bonchev–Trinajstić information content (AvgIpc) is 3.26. The van der Waals surface area contributed by atoms with Crippen molar-refractivity contribution in [1.29, 1.82) is 0 Å². The molecule has 0 fully saturated rings. The predicted molar refractivity (Wildman–Crippen MR) is 139 cm³/mol. The lowest BCUT2D eigenvalue weighted by Crippen LogP contribution is -2.11. The van der Waals surface area contributed by atoms with Crippen molar-refractivity contribution in [2.75, 3.05) is 14.2 Å². The summed E-state index contributed by atoms with van der Waals surface area (Å²) in [6.45, 7) is 4.14. The van der Waals surface area contributed by atoms with Crippen LogP contribution in [0.2, 0.25) is 0 Å². The molecule has 0 radical (unpaired) electrons. The molecule has 1 N–H and O–H groups in total. The summed E-state index contributed by atoms with van der Waals surface area (Å²) in [4.78, 5) is 15.4. The van der Waals surface area contributed by atoms with Gasteiger partial charge in [0.15, 0.2) is 0 Å². The number of pyridine rings is 1. The normalized spacial score (nSPS) is 15.1. The van der Waals surface area contributed by atoms with Crippen LogP contribution < -0.4 is 9.47 Å². The van der Waals surface area contributed by atoms with Gasteiger partial charge in [0.05, 0.1) is 32.9 Å². The number of rotatable bonds is 9. The van der Waals surface area contributed by atoms with E-state index in [1.165, 1.54) is 26.4 Å². The van der Waals surface area contributed by atoms with E-state index in [1.54, 1.807) is 30.3 Å². The van der Waals surface area contributed by atoms with Crippen molar-refractivity contribution in [3.8, 4) is 22.8 Å². The van der Waals surface area contributed by atoms with Crippen LogP contribution in [0, 0.1) is 17.0 Å². The molecule has 1 aliphatic rings. The van der Waals surface area contributed by atoms with Crippen molar-refractivity contribution < 1.29 is 32.9 Å². The Bertz CT molecular complexity index is 1370. The van der Waals surface area contributed by atoms with Gasteiger partial charge in [-0.25, -0.2) is 13.8 Å². The molecule has 0 saturated heterocycles. The number of hydrogen-bond donors (Lipinski definition) is 1. The molecule has 0 bridgehead atoms. The Hall–Kier alpha value is -3.78. The maximum absolute atomic E-state index is 15.4. The van der Waals surface area contributed by atoms with E-state index in [2.05, 4.69) is 29.6 Å². The van der Waals surface area contributed by atoms with E-state index in [1.807, 2.05) is 0 Å². The zero-order chi connectivity index (χ0) is 27.4. The van der Waals surface area contributed by atoms with Crippen molar-refractivity contribution in [3.05, 3.63) is 83.1 Å². The molecule has 1 atom stereocenters. The highest BCUT2D eigenvalue weighted by molar-refractivity contribution is 5.85. The third-order valence-corrected chi connectivity index (χ3v) is 6.88. The largest absolute Gasteiger partial charge is 0.489 e. The Balaban J connectivity index is 1.68. The first kappa shape index (κ1) is 27.3. The minimum Gasteiger partial charge on any atom is -0.489 e. The fourth-order valence-electron chi connectivity index (χ4n) is 4.71. The van der Waals surface area contributed by atoms with Crippen LogP contribution in [0.15, 0.2) is 54.7 Å². The second kappa shape index (κ2) is 11.3. The lowest BCUT2D eigenvalue weighted by atomic mass is 9.79. The van der Waals surface area contributed by atoms with Gasteiger partial charge < -0.3 is 19.3 Å². The highest BCUT2D eigenvalue weighted by atomic mass is 19.1. The molecule has 8 heteroatoms. The van der Waals surface area contributed by atoms with Crippen LogP contribution in [0.1, 0.15) is 55.9 Å². The molecule has 0 amide bonds. The van der Waals surface area contributed by atoms with Crippen molar-refractivity contribution in [1.82, 2.24) is 4.98 Å². The van der Waals surface area contributed by atoms with Crippen molar-refractivity contribution in [2.45, 2.75) is 45.8 Å². The number of aliphatic hydroxyl groups is 1. The SMILES string of the molecule is COC(=O)C[C@@H](O)c1cccc(OCc2cc(C3=CCCC3(C)C)c(-c3cc(OC)ncc3F)cc2F)c1. The Kier molecular flexibility index (Phi) is 8.11. The van der Waals surface area contributed by atoms with Gasteiger partial charge >= 0.3 is 5.97 Å². The van der Waals surface area contributed by atoms with Crippen LogP contribution in [0.25, 0.3) is 16.7 Å². The molecular formula is C30H31F2NO5. The smallest absolute Gasteiger partial charge is 0.308 e. The number of nitrogens with zero attached hydrogens (tertiary/aromatic N) is 1. The van der Waals surface area contributed by atoms with E-state index in [4.69, 9.17) is 9.47 Å². The van der Waals surface area contributed by atoms with Gasteiger partial charge in [-0.15, -0.1) is 0 Å². The topological polar surface area (TPSA) is 77.9 Å². The number of carbonyl (C=O) groups excluding carboxylic acids is 1.